The molecule has 1 aromatic carbocycles. The molecule has 0 aliphatic carbocycles. The molecule has 23 heavy (non-hydrogen) atoms. The summed E-state index contributed by atoms with van der Waals surface area (Å²) in [5.41, 5.74) is 7.27. The number of hydrogen-bond donors (Lipinski definition) is 1. The van der Waals surface area contributed by atoms with Crippen LogP contribution >= 0.6 is 0 Å². The largest absolute Gasteiger partial charge is 0.377 e. The van der Waals surface area contributed by atoms with E-state index in [1.165, 1.54) is 37.4 Å². The lowest BCUT2D eigenvalue weighted by Gasteiger charge is -2.22. The molecule has 0 aromatic heterocycles. The van der Waals surface area contributed by atoms with E-state index in [4.69, 9.17) is 4.74 Å². The van der Waals surface area contributed by atoms with Gasteiger partial charge in [-0.2, -0.15) is 0 Å². The highest BCUT2D eigenvalue weighted by Gasteiger charge is 2.38. The van der Waals surface area contributed by atoms with Gasteiger partial charge in [-0.15, -0.1) is 0 Å². The minimum absolute atomic E-state index is 0.153. The molecule has 0 radical (unpaired) electrons. The fourth-order valence-electron chi connectivity index (χ4n) is 3.53. The number of nitrogens with zero attached hydrogens (tertiary/aromatic N) is 2. The molecule has 130 valence electrons. The van der Waals surface area contributed by atoms with Crippen molar-refractivity contribution in [3.8, 4) is 0 Å². The standard InChI is InChI=1S/C16H24N2O.C2H6FN/c1-12(19-3)13-4-6-16(7-5-13)18-10-14-8-17(2)9-15(14)11-18;3-1-2-4/h4-7,12,14-15H,8-11H2,1-3H3;1-2,4H2. The van der Waals surface area contributed by atoms with Crippen molar-refractivity contribution in [2.45, 2.75) is 13.0 Å². The van der Waals surface area contributed by atoms with Gasteiger partial charge in [0.25, 0.3) is 0 Å². The predicted octanol–water partition coefficient (Wildman–Crippen LogP) is 2.31. The van der Waals surface area contributed by atoms with Crippen molar-refractivity contribution in [3.05, 3.63) is 29.8 Å². The van der Waals surface area contributed by atoms with Gasteiger partial charge in [0, 0.05) is 45.5 Å². The number of likely N-dealkylation sites (tertiary alicyclic amines) is 1. The van der Waals surface area contributed by atoms with Crippen molar-refractivity contribution >= 4 is 5.69 Å². The smallest absolute Gasteiger partial charge is 0.102 e. The number of hydrogen-bond acceptors (Lipinski definition) is 4. The van der Waals surface area contributed by atoms with Crippen LogP contribution in [0.4, 0.5) is 10.1 Å². The lowest BCUT2D eigenvalue weighted by atomic mass is 10.0. The maximum absolute atomic E-state index is 10.6. The van der Waals surface area contributed by atoms with Crippen molar-refractivity contribution < 1.29 is 9.13 Å². The number of nitrogens with two attached hydrogens (primary N) is 1. The SMILES string of the molecule is COC(C)c1ccc(N2CC3CN(C)CC3C2)cc1.NCCF. The first-order valence-electron chi connectivity index (χ1n) is 8.41. The van der Waals surface area contributed by atoms with Crippen LogP contribution in [0.5, 0.6) is 0 Å². The van der Waals surface area contributed by atoms with Gasteiger partial charge < -0.3 is 20.3 Å². The van der Waals surface area contributed by atoms with Crippen LogP contribution in [-0.2, 0) is 4.74 Å². The van der Waals surface area contributed by atoms with Crippen molar-refractivity contribution in [2.75, 3.05) is 58.5 Å². The number of ether oxygens (including phenoxy) is 1. The topological polar surface area (TPSA) is 41.7 Å². The third-order valence-electron chi connectivity index (χ3n) is 4.86. The van der Waals surface area contributed by atoms with Gasteiger partial charge in [0.05, 0.1) is 6.10 Å². The molecule has 5 heteroatoms. The molecule has 2 saturated heterocycles. The Morgan fingerprint density at radius 1 is 1.17 bits per heavy atom. The first kappa shape index (κ1) is 18.2. The van der Waals surface area contributed by atoms with Gasteiger partial charge in [0.2, 0.25) is 0 Å². The second-order valence-electron chi connectivity index (χ2n) is 6.59. The molecule has 3 rings (SSSR count). The summed E-state index contributed by atoms with van der Waals surface area (Å²) < 4.78 is 16.0. The number of anilines is 1. The Bertz CT molecular complexity index is 452. The molecule has 4 nitrogen and oxygen atoms in total. The lowest BCUT2D eigenvalue weighted by molar-refractivity contribution is 0.119. The summed E-state index contributed by atoms with van der Waals surface area (Å²) in [5, 5.41) is 0. The molecule has 2 aliphatic rings. The molecular formula is C18H30FN3O. The number of fused-ring (bicyclic) bond motifs is 1. The Morgan fingerprint density at radius 2 is 1.70 bits per heavy atom. The van der Waals surface area contributed by atoms with Gasteiger partial charge in [-0.3, -0.25) is 0 Å². The Morgan fingerprint density at radius 3 is 2.13 bits per heavy atom. The minimum Gasteiger partial charge on any atom is -0.377 e. The van der Waals surface area contributed by atoms with Gasteiger partial charge in [0.1, 0.15) is 6.67 Å². The fraction of sp³-hybridized carbons (Fsp3) is 0.667. The molecule has 2 aliphatic heterocycles. The van der Waals surface area contributed by atoms with Crippen LogP contribution in [0.3, 0.4) is 0 Å². The Labute approximate surface area is 139 Å². The zero-order valence-electron chi connectivity index (χ0n) is 14.5. The maximum Gasteiger partial charge on any atom is 0.102 e. The third-order valence-corrected chi connectivity index (χ3v) is 4.86. The highest BCUT2D eigenvalue weighted by molar-refractivity contribution is 5.49. The van der Waals surface area contributed by atoms with E-state index in [0.717, 1.165) is 11.8 Å². The quantitative estimate of drug-likeness (QED) is 0.923. The van der Waals surface area contributed by atoms with Gasteiger partial charge >= 0.3 is 0 Å². The summed E-state index contributed by atoms with van der Waals surface area (Å²) in [6.07, 6.45) is 0.181. The van der Waals surface area contributed by atoms with Gasteiger partial charge in [-0.05, 0) is 43.5 Å². The zero-order chi connectivity index (χ0) is 16.8. The highest BCUT2D eigenvalue weighted by Crippen LogP contribution is 2.33. The molecule has 1 aromatic rings. The van der Waals surface area contributed by atoms with Crippen LogP contribution in [0, 0.1) is 11.8 Å². The van der Waals surface area contributed by atoms with Gasteiger partial charge in [0.15, 0.2) is 0 Å². The number of rotatable bonds is 4. The first-order valence-corrected chi connectivity index (χ1v) is 8.41. The van der Waals surface area contributed by atoms with E-state index >= 15 is 0 Å². The highest BCUT2D eigenvalue weighted by atomic mass is 19.1. The van der Waals surface area contributed by atoms with Crippen LogP contribution in [0.25, 0.3) is 0 Å². The van der Waals surface area contributed by atoms with Crippen LogP contribution in [0.15, 0.2) is 24.3 Å². The number of benzene rings is 1. The number of halogens is 1. The molecule has 0 saturated carbocycles. The summed E-state index contributed by atoms with van der Waals surface area (Å²) >= 11 is 0. The third kappa shape index (κ3) is 4.66. The Hall–Kier alpha value is -1.17. The Balaban J connectivity index is 0.000000433. The zero-order valence-corrected chi connectivity index (χ0v) is 14.5. The van der Waals surface area contributed by atoms with Crippen molar-refractivity contribution in [1.29, 1.82) is 0 Å². The summed E-state index contributed by atoms with van der Waals surface area (Å²) in [7, 11) is 4.00. The second kappa shape index (κ2) is 8.62. The average Bonchev–Trinajstić information content (AvgIpc) is 3.11. The molecule has 2 heterocycles. The monoisotopic (exact) mass is 323 g/mol. The van der Waals surface area contributed by atoms with E-state index in [-0.39, 0.29) is 12.6 Å². The molecule has 2 N–H and O–H groups in total. The van der Waals surface area contributed by atoms with Crippen molar-refractivity contribution in [3.63, 3.8) is 0 Å². The molecule has 3 atom stereocenters. The van der Waals surface area contributed by atoms with Gasteiger partial charge in [-0.25, -0.2) is 4.39 Å². The van der Waals surface area contributed by atoms with Crippen LogP contribution in [0.2, 0.25) is 0 Å². The van der Waals surface area contributed by atoms with Crippen molar-refractivity contribution in [2.24, 2.45) is 17.6 Å². The molecule has 2 fully saturated rings. The summed E-state index contributed by atoms with van der Waals surface area (Å²) in [6.45, 7) is 6.80. The van der Waals surface area contributed by atoms with Crippen LogP contribution in [-0.4, -0.2) is 58.5 Å². The van der Waals surface area contributed by atoms with Crippen LogP contribution < -0.4 is 10.6 Å². The van der Waals surface area contributed by atoms with Gasteiger partial charge in [-0.1, -0.05) is 12.1 Å². The normalized spacial score (nSPS) is 25.0. The van der Waals surface area contributed by atoms with Crippen molar-refractivity contribution in [1.82, 2.24) is 4.90 Å². The van der Waals surface area contributed by atoms with E-state index in [1.54, 1.807) is 7.11 Å². The van der Waals surface area contributed by atoms with E-state index < -0.39 is 6.67 Å². The van der Waals surface area contributed by atoms with Crippen LogP contribution in [0.1, 0.15) is 18.6 Å². The fourth-order valence-corrected chi connectivity index (χ4v) is 3.53. The molecule has 0 spiro atoms. The predicted molar refractivity (Wildman–Crippen MR) is 93.6 cm³/mol. The number of methoxy groups -OCH3 is 1. The summed E-state index contributed by atoms with van der Waals surface area (Å²) in [4.78, 5) is 5.01. The second-order valence-corrected chi connectivity index (χ2v) is 6.59. The van der Waals surface area contributed by atoms with E-state index in [9.17, 15) is 4.39 Å². The minimum atomic E-state index is -0.403. The lowest BCUT2D eigenvalue weighted by Crippen LogP contribution is -2.26. The summed E-state index contributed by atoms with van der Waals surface area (Å²) in [6, 6.07) is 8.89. The number of alkyl halides is 1. The molecule has 0 bridgehead atoms. The van der Waals surface area contributed by atoms with E-state index in [1.807, 2.05) is 0 Å². The average molecular weight is 323 g/mol. The molecule has 3 unspecified atom stereocenters. The first-order chi connectivity index (χ1) is 11.1. The molecule has 0 amide bonds. The van der Waals surface area contributed by atoms with E-state index in [0.29, 0.717) is 0 Å². The maximum atomic E-state index is 10.6. The molecular weight excluding hydrogens is 293 g/mol. The van der Waals surface area contributed by atoms with E-state index in [2.05, 4.69) is 53.8 Å². The summed E-state index contributed by atoms with van der Waals surface area (Å²) in [5.74, 6) is 1.73. The Kier molecular flexibility index (Phi) is 6.81.